The lowest BCUT2D eigenvalue weighted by atomic mass is 9.83. The van der Waals surface area contributed by atoms with Crippen LogP contribution in [0.4, 0.5) is 4.39 Å². The van der Waals surface area contributed by atoms with Crippen LogP contribution in [0.25, 0.3) is 22.3 Å². The summed E-state index contributed by atoms with van der Waals surface area (Å²) in [6.07, 6.45) is -0.295. The molecule has 4 heterocycles. The van der Waals surface area contributed by atoms with Gasteiger partial charge in [-0.05, 0) is 42.5 Å². The number of fused-ring (bicyclic) bond motifs is 5. The molecule has 0 bridgehead atoms. The summed E-state index contributed by atoms with van der Waals surface area (Å²) in [7, 11) is 1.65. The molecular weight excluding hydrogens is 427 g/mol. The fourth-order valence-corrected chi connectivity index (χ4v) is 5.29. The van der Waals surface area contributed by atoms with Gasteiger partial charge in [0.05, 0.1) is 35.1 Å². The summed E-state index contributed by atoms with van der Waals surface area (Å²) in [6, 6.07) is 3.07. The van der Waals surface area contributed by atoms with Gasteiger partial charge in [0.15, 0.2) is 6.10 Å². The fourth-order valence-electron chi connectivity index (χ4n) is 5.29. The Hall–Kier alpha value is -3.10. The maximum absolute atomic E-state index is 14.7. The van der Waals surface area contributed by atoms with Gasteiger partial charge in [-0.25, -0.2) is 14.2 Å². The fraction of sp³-hybridized carbons (Fsp3) is 0.400. The number of benzene rings is 1. The predicted molar refractivity (Wildman–Crippen MR) is 119 cm³/mol. The zero-order chi connectivity index (χ0) is 23.6. The minimum atomic E-state index is -1.51. The third-order valence-corrected chi connectivity index (χ3v) is 6.88. The molecule has 0 saturated heterocycles. The van der Waals surface area contributed by atoms with Gasteiger partial charge in [-0.2, -0.15) is 0 Å². The van der Waals surface area contributed by atoms with Crippen LogP contribution in [0.15, 0.2) is 16.9 Å². The van der Waals surface area contributed by atoms with E-state index in [9.17, 15) is 19.1 Å². The number of hydrogen-bond donors (Lipinski definition) is 1. The SMILES string of the molecule is CC.COC1CCc2c(C)c(F)cc3nc4c(c1c23)Cn1c-4cc2c(c1=O)COC(=O)C2O. The van der Waals surface area contributed by atoms with Crippen molar-refractivity contribution in [2.75, 3.05) is 7.11 Å². The lowest BCUT2D eigenvalue weighted by molar-refractivity contribution is -0.157. The molecule has 6 rings (SSSR count). The molecule has 7 nitrogen and oxygen atoms in total. The van der Waals surface area contributed by atoms with Crippen molar-refractivity contribution in [1.82, 2.24) is 9.55 Å². The summed E-state index contributed by atoms with van der Waals surface area (Å²) in [5.41, 5.74) is 5.15. The number of aryl methyl sites for hydroxylation is 1. The number of halogens is 1. The van der Waals surface area contributed by atoms with Gasteiger partial charge < -0.3 is 19.1 Å². The Morgan fingerprint density at radius 1 is 1.21 bits per heavy atom. The van der Waals surface area contributed by atoms with Crippen LogP contribution in [0.5, 0.6) is 0 Å². The summed E-state index contributed by atoms with van der Waals surface area (Å²) in [4.78, 5) is 29.8. The number of carbonyl (C=O) groups excluding carboxylic acids is 1. The molecule has 3 aromatic rings. The summed E-state index contributed by atoms with van der Waals surface area (Å²) in [6.45, 7) is 5.91. The molecule has 0 spiro atoms. The van der Waals surface area contributed by atoms with E-state index in [1.807, 2.05) is 13.8 Å². The summed E-state index contributed by atoms with van der Waals surface area (Å²) in [5.74, 6) is -1.09. The standard InChI is InChI=1S/C23H19FN2O5.C2H6/c1-9-10-3-4-17(30-2)19-12-7-26-16(20(12)25-15(18(10)19)6-14(9)24)5-11-13(22(26)28)8-31-23(29)21(11)27;1-2/h5-6,17,21,27H,3-4,7-8H2,1-2H3;1-2H3. The van der Waals surface area contributed by atoms with E-state index in [1.165, 1.54) is 6.07 Å². The number of nitrogens with zero attached hydrogens (tertiary/aromatic N) is 2. The van der Waals surface area contributed by atoms with Crippen molar-refractivity contribution in [3.05, 3.63) is 61.7 Å². The average Bonchev–Trinajstić information content (AvgIpc) is 3.20. The van der Waals surface area contributed by atoms with Gasteiger partial charge in [0, 0.05) is 29.7 Å². The first-order chi connectivity index (χ1) is 15.9. The normalized spacial score (nSPS) is 19.9. The van der Waals surface area contributed by atoms with Crippen LogP contribution in [-0.2, 0) is 33.8 Å². The quantitative estimate of drug-likeness (QED) is 0.444. The Morgan fingerprint density at radius 3 is 2.70 bits per heavy atom. The largest absolute Gasteiger partial charge is 0.458 e. The van der Waals surface area contributed by atoms with Crippen LogP contribution in [0.2, 0.25) is 0 Å². The molecule has 3 aliphatic rings. The van der Waals surface area contributed by atoms with Crippen LogP contribution >= 0.6 is 0 Å². The van der Waals surface area contributed by atoms with Crippen LogP contribution in [0.1, 0.15) is 65.9 Å². The lowest BCUT2D eigenvalue weighted by Gasteiger charge is -2.28. The second-order valence-corrected chi connectivity index (χ2v) is 8.34. The van der Waals surface area contributed by atoms with Gasteiger partial charge in [-0.15, -0.1) is 0 Å². The van der Waals surface area contributed by atoms with Crippen LogP contribution in [0, 0.1) is 12.7 Å². The first-order valence-electron chi connectivity index (χ1n) is 11.2. The molecule has 1 aliphatic carbocycles. The summed E-state index contributed by atoms with van der Waals surface area (Å²) < 4.78 is 27.0. The number of aromatic nitrogens is 2. The van der Waals surface area contributed by atoms with Crippen LogP contribution in [0.3, 0.4) is 0 Å². The number of rotatable bonds is 1. The van der Waals surface area contributed by atoms with E-state index < -0.39 is 12.1 Å². The van der Waals surface area contributed by atoms with Crippen molar-refractivity contribution >= 4 is 16.9 Å². The average molecular weight is 452 g/mol. The highest BCUT2D eigenvalue weighted by atomic mass is 19.1. The Balaban J connectivity index is 0.00000111. The number of aliphatic hydroxyl groups is 1. The zero-order valence-electron chi connectivity index (χ0n) is 19.0. The molecule has 2 aromatic heterocycles. The molecule has 0 radical (unpaired) electrons. The summed E-state index contributed by atoms with van der Waals surface area (Å²) >= 11 is 0. The molecule has 8 heteroatoms. The van der Waals surface area contributed by atoms with Crippen molar-refractivity contribution in [2.24, 2.45) is 0 Å². The summed E-state index contributed by atoms with van der Waals surface area (Å²) in [5, 5.41) is 11.2. The number of aliphatic hydroxyl groups excluding tert-OH is 1. The van der Waals surface area contributed by atoms with Gasteiger partial charge in [0.1, 0.15) is 12.4 Å². The third-order valence-electron chi connectivity index (χ3n) is 6.88. The molecule has 2 atom stereocenters. The molecule has 0 fully saturated rings. The first kappa shape index (κ1) is 21.7. The monoisotopic (exact) mass is 452 g/mol. The molecule has 33 heavy (non-hydrogen) atoms. The van der Waals surface area contributed by atoms with E-state index in [0.717, 1.165) is 22.1 Å². The van der Waals surface area contributed by atoms with E-state index in [0.29, 0.717) is 41.9 Å². The molecule has 2 unspecified atom stereocenters. The van der Waals surface area contributed by atoms with Crippen molar-refractivity contribution in [3.63, 3.8) is 0 Å². The van der Waals surface area contributed by atoms with Gasteiger partial charge in [0.25, 0.3) is 5.56 Å². The van der Waals surface area contributed by atoms with Gasteiger partial charge in [-0.3, -0.25) is 4.79 Å². The first-order valence-corrected chi connectivity index (χ1v) is 11.2. The minimum absolute atomic E-state index is 0.168. The molecule has 1 N–H and O–H groups in total. The zero-order valence-corrected chi connectivity index (χ0v) is 19.0. The predicted octanol–water partition coefficient (Wildman–Crippen LogP) is 3.62. The lowest BCUT2D eigenvalue weighted by Crippen LogP contribution is -2.32. The smallest absolute Gasteiger partial charge is 0.340 e. The minimum Gasteiger partial charge on any atom is -0.458 e. The number of pyridine rings is 2. The molecule has 2 aliphatic heterocycles. The van der Waals surface area contributed by atoms with E-state index in [1.54, 1.807) is 24.7 Å². The number of methoxy groups -OCH3 is 1. The van der Waals surface area contributed by atoms with Crippen molar-refractivity contribution < 1.29 is 23.8 Å². The second kappa shape index (κ2) is 7.74. The van der Waals surface area contributed by atoms with Crippen molar-refractivity contribution in [3.8, 4) is 11.4 Å². The highest BCUT2D eigenvalue weighted by Crippen LogP contribution is 2.46. The van der Waals surface area contributed by atoms with Crippen molar-refractivity contribution in [2.45, 2.75) is 59.0 Å². The molecule has 172 valence electrons. The maximum Gasteiger partial charge on any atom is 0.340 e. The highest BCUT2D eigenvalue weighted by molar-refractivity contribution is 5.93. The van der Waals surface area contributed by atoms with Gasteiger partial charge in [0.2, 0.25) is 0 Å². The number of hydrogen-bond acceptors (Lipinski definition) is 6. The molecule has 1 aromatic carbocycles. The van der Waals surface area contributed by atoms with E-state index >= 15 is 0 Å². The number of ether oxygens (including phenoxy) is 2. The number of esters is 1. The Labute approximate surface area is 189 Å². The van der Waals surface area contributed by atoms with Gasteiger partial charge >= 0.3 is 5.97 Å². The Kier molecular flexibility index (Phi) is 5.10. The Morgan fingerprint density at radius 2 is 1.97 bits per heavy atom. The second-order valence-electron chi connectivity index (χ2n) is 8.34. The Bertz CT molecular complexity index is 1390. The molecule has 0 saturated carbocycles. The van der Waals surface area contributed by atoms with Crippen molar-refractivity contribution in [1.29, 1.82) is 0 Å². The van der Waals surface area contributed by atoms with E-state index in [2.05, 4.69) is 0 Å². The van der Waals surface area contributed by atoms with Gasteiger partial charge in [-0.1, -0.05) is 13.8 Å². The number of carbonyl (C=O) groups is 1. The highest BCUT2D eigenvalue weighted by Gasteiger charge is 2.37. The third kappa shape index (κ3) is 2.90. The van der Waals surface area contributed by atoms with E-state index in [4.69, 9.17) is 14.5 Å². The maximum atomic E-state index is 14.7. The van der Waals surface area contributed by atoms with Crippen LogP contribution < -0.4 is 5.56 Å². The molecular formula is C25H25FN2O5. The van der Waals surface area contributed by atoms with E-state index in [-0.39, 0.29) is 35.2 Å². The van der Waals surface area contributed by atoms with Crippen LogP contribution in [-0.4, -0.2) is 27.7 Å². The molecule has 0 amide bonds. The number of cyclic esters (lactones) is 1. The topological polar surface area (TPSA) is 90.7 Å².